The number of anilines is 1. The summed E-state index contributed by atoms with van der Waals surface area (Å²) >= 11 is 1.61. The Hall–Kier alpha value is -0.770. The highest BCUT2D eigenvalue weighted by molar-refractivity contribution is 7.98. The highest BCUT2D eigenvalue weighted by Crippen LogP contribution is 2.27. The van der Waals surface area contributed by atoms with Gasteiger partial charge in [0.1, 0.15) is 17.2 Å². The van der Waals surface area contributed by atoms with Gasteiger partial charge in [-0.2, -0.15) is 0 Å². The first-order valence-electron chi connectivity index (χ1n) is 3.81. The first-order chi connectivity index (χ1) is 5.66. The summed E-state index contributed by atoms with van der Waals surface area (Å²) in [6.07, 6.45) is 3.50. The second-order valence-corrected chi connectivity index (χ2v) is 3.63. The fourth-order valence-corrected chi connectivity index (χ4v) is 1.81. The van der Waals surface area contributed by atoms with Crippen LogP contribution in [0, 0.1) is 0 Å². The quantitative estimate of drug-likeness (QED) is 0.562. The lowest BCUT2D eigenvalue weighted by molar-refractivity contribution is 0.809. The molecule has 66 valence electrons. The fraction of sp³-hybridized carbons (Fsp3) is 0.500. The molecule has 0 saturated heterocycles. The summed E-state index contributed by atoms with van der Waals surface area (Å²) in [6.45, 7) is 4.18. The van der Waals surface area contributed by atoms with Gasteiger partial charge in [0.25, 0.3) is 0 Å². The number of rotatable bonds is 2. The lowest BCUT2D eigenvalue weighted by Crippen LogP contribution is -2.02. The SMILES string of the molecule is CSc1ncnc(N)c1C(C)C. The van der Waals surface area contributed by atoms with E-state index >= 15 is 0 Å². The number of nitrogen functional groups attached to an aromatic ring is 1. The van der Waals surface area contributed by atoms with E-state index in [0.29, 0.717) is 11.7 Å². The lowest BCUT2D eigenvalue weighted by atomic mass is 10.1. The summed E-state index contributed by atoms with van der Waals surface area (Å²) in [5, 5.41) is 0.984. The molecule has 0 fully saturated rings. The summed E-state index contributed by atoms with van der Waals surface area (Å²) in [5.74, 6) is 0.984. The van der Waals surface area contributed by atoms with Crippen LogP contribution in [-0.2, 0) is 0 Å². The van der Waals surface area contributed by atoms with Crippen molar-refractivity contribution in [2.45, 2.75) is 24.8 Å². The first-order valence-corrected chi connectivity index (χ1v) is 5.03. The van der Waals surface area contributed by atoms with Crippen LogP contribution in [0.5, 0.6) is 0 Å². The van der Waals surface area contributed by atoms with Crippen LogP contribution in [0.4, 0.5) is 5.82 Å². The molecule has 1 rings (SSSR count). The highest BCUT2D eigenvalue weighted by atomic mass is 32.2. The van der Waals surface area contributed by atoms with E-state index in [4.69, 9.17) is 5.73 Å². The molecule has 4 heteroatoms. The van der Waals surface area contributed by atoms with Gasteiger partial charge in [-0.15, -0.1) is 11.8 Å². The molecule has 0 saturated carbocycles. The van der Waals surface area contributed by atoms with Crippen molar-refractivity contribution in [2.75, 3.05) is 12.0 Å². The molecule has 0 aliphatic carbocycles. The van der Waals surface area contributed by atoms with Crippen LogP contribution >= 0.6 is 11.8 Å². The van der Waals surface area contributed by atoms with E-state index in [2.05, 4.69) is 23.8 Å². The first kappa shape index (κ1) is 9.32. The van der Waals surface area contributed by atoms with Crippen molar-refractivity contribution >= 4 is 17.6 Å². The monoisotopic (exact) mass is 183 g/mol. The summed E-state index contributed by atoms with van der Waals surface area (Å²) in [5.41, 5.74) is 6.79. The number of thioether (sulfide) groups is 1. The third-order valence-electron chi connectivity index (χ3n) is 1.65. The van der Waals surface area contributed by atoms with Crippen LogP contribution in [0.2, 0.25) is 0 Å². The second-order valence-electron chi connectivity index (χ2n) is 2.84. The van der Waals surface area contributed by atoms with Crippen LogP contribution in [0.25, 0.3) is 0 Å². The molecule has 0 aromatic carbocycles. The zero-order chi connectivity index (χ0) is 9.14. The van der Waals surface area contributed by atoms with E-state index < -0.39 is 0 Å². The Balaban J connectivity index is 3.20. The van der Waals surface area contributed by atoms with Gasteiger partial charge in [-0.05, 0) is 12.2 Å². The zero-order valence-corrected chi connectivity index (χ0v) is 8.35. The normalized spacial score (nSPS) is 10.7. The predicted octanol–water partition coefficient (Wildman–Crippen LogP) is 1.90. The van der Waals surface area contributed by atoms with Gasteiger partial charge in [0.2, 0.25) is 0 Å². The molecule has 0 radical (unpaired) electrons. The molecule has 2 N–H and O–H groups in total. The molecule has 12 heavy (non-hydrogen) atoms. The van der Waals surface area contributed by atoms with E-state index in [1.807, 2.05) is 6.26 Å². The molecule has 1 aromatic rings. The van der Waals surface area contributed by atoms with Gasteiger partial charge in [-0.1, -0.05) is 13.8 Å². The number of nitrogens with two attached hydrogens (primary N) is 1. The summed E-state index contributed by atoms with van der Waals surface area (Å²) in [7, 11) is 0. The summed E-state index contributed by atoms with van der Waals surface area (Å²) in [4.78, 5) is 8.11. The lowest BCUT2D eigenvalue weighted by Gasteiger charge is -2.10. The molecule has 1 heterocycles. The predicted molar refractivity (Wildman–Crippen MR) is 52.3 cm³/mol. The molecule has 1 aromatic heterocycles. The maximum absolute atomic E-state index is 5.73. The maximum atomic E-state index is 5.73. The van der Waals surface area contributed by atoms with Crippen LogP contribution < -0.4 is 5.73 Å². The molecule has 0 aliphatic heterocycles. The average molecular weight is 183 g/mol. The molecule has 0 aliphatic rings. The topological polar surface area (TPSA) is 51.8 Å². The van der Waals surface area contributed by atoms with Crippen molar-refractivity contribution in [1.29, 1.82) is 0 Å². The molecule has 3 nitrogen and oxygen atoms in total. The smallest absolute Gasteiger partial charge is 0.131 e. The minimum atomic E-state index is 0.383. The maximum Gasteiger partial charge on any atom is 0.131 e. The summed E-state index contributed by atoms with van der Waals surface area (Å²) < 4.78 is 0. The molecule has 0 atom stereocenters. The highest BCUT2D eigenvalue weighted by Gasteiger charge is 2.11. The Kier molecular flexibility index (Phi) is 2.92. The molecule has 0 bridgehead atoms. The van der Waals surface area contributed by atoms with Crippen LogP contribution in [-0.4, -0.2) is 16.2 Å². The van der Waals surface area contributed by atoms with Crippen molar-refractivity contribution in [3.63, 3.8) is 0 Å². The van der Waals surface area contributed by atoms with Crippen molar-refractivity contribution in [3.8, 4) is 0 Å². The molecule has 0 amide bonds. The molecular formula is C8H13N3S. The van der Waals surface area contributed by atoms with Crippen molar-refractivity contribution in [2.24, 2.45) is 0 Å². The number of hydrogen-bond acceptors (Lipinski definition) is 4. The van der Waals surface area contributed by atoms with E-state index in [1.54, 1.807) is 11.8 Å². The number of hydrogen-bond donors (Lipinski definition) is 1. The molecular weight excluding hydrogens is 170 g/mol. The van der Waals surface area contributed by atoms with E-state index in [0.717, 1.165) is 10.6 Å². The van der Waals surface area contributed by atoms with Crippen molar-refractivity contribution < 1.29 is 0 Å². The van der Waals surface area contributed by atoms with E-state index in [1.165, 1.54) is 6.33 Å². The van der Waals surface area contributed by atoms with Gasteiger partial charge in [0.05, 0.1) is 0 Å². The number of nitrogens with zero attached hydrogens (tertiary/aromatic N) is 2. The molecule has 0 unspecified atom stereocenters. The molecule has 0 spiro atoms. The minimum Gasteiger partial charge on any atom is -0.383 e. The van der Waals surface area contributed by atoms with E-state index in [9.17, 15) is 0 Å². The third kappa shape index (κ3) is 1.69. The Morgan fingerprint density at radius 1 is 1.42 bits per heavy atom. The Labute approximate surface area is 76.8 Å². The van der Waals surface area contributed by atoms with Gasteiger partial charge >= 0.3 is 0 Å². The van der Waals surface area contributed by atoms with Crippen LogP contribution in [0.15, 0.2) is 11.4 Å². The summed E-state index contributed by atoms with van der Waals surface area (Å²) in [6, 6.07) is 0. The van der Waals surface area contributed by atoms with Gasteiger partial charge < -0.3 is 5.73 Å². The van der Waals surface area contributed by atoms with Crippen molar-refractivity contribution in [1.82, 2.24) is 9.97 Å². The standard InChI is InChI=1S/C8H13N3S/c1-5(2)6-7(9)10-4-11-8(6)12-3/h4-5H,1-3H3,(H2,9,10,11). The largest absolute Gasteiger partial charge is 0.383 e. The van der Waals surface area contributed by atoms with E-state index in [-0.39, 0.29) is 0 Å². The Morgan fingerprint density at radius 2 is 2.08 bits per heavy atom. The fourth-order valence-electron chi connectivity index (χ4n) is 1.10. The Bertz CT molecular complexity index is 273. The van der Waals surface area contributed by atoms with Crippen LogP contribution in [0.1, 0.15) is 25.3 Å². The van der Waals surface area contributed by atoms with Gasteiger partial charge in [0, 0.05) is 5.56 Å². The number of aromatic nitrogens is 2. The van der Waals surface area contributed by atoms with Crippen molar-refractivity contribution in [3.05, 3.63) is 11.9 Å². The minimum absolute atomic E-state index is 0.383. The Morgan fingerprint density at radius 3 is 2.50 bits per heavy atom. The van der Waals surface area contributed by atoms with Gasteiger partial charge in [-0.25, -0.2) is 9.97 Å². The van der Waals surface area contributed by atoms with Crippen LogP contribution in [0.3, 0.4) is 0 Å². The average Bonchev–Trinajstić information content (AvgIpc) is 2.03. The third-order valence-corrected chi connectivity index (χ3v) is 2.36. The van der Waals surface area contributed by atoms with Gasteiger partial charge in [0.15, 0.2) is 0 Å². The van der Waals surface area contributed by atoms with Gasteiger partial charge in [-0.3, -0.25) is 0 Å². The zero-order valence-electron chi connectivity index (χ0n) is 7.53. The second kappa shape index (κ2) is 3.76.